The molecule has 0 N–H and O–H groups in total. The summed E-state index contributed by atoms with van der Waals surface area (Å²) in [6.45, 7) is 4.34. The first-order valence-electron chi connectivity index (χ1n) is 5.31. The Hall–Kier alpha value is -0.180. The van der Waals surface area contributed by atoms with Crippen LogP contribution in [0.5, 0.6) is 0 Å². The predicted octanol–water partition coefficient (Wildman–Crippen LogP) is 3.99. The Labute approximate surface area is 94.2 Å². The van der Waals surface area contributed by atoms with Gasteiger partial charge < -0.3 is 0 Å². The molecule has 0 spiro atoms. The van der Waals surface area contributed by atoms with Crippen LogP contribution < -0.4 is 0 Å². The molecule has 1 aliphatic carbocycles. The predicted molar refractivity (Wildman–Crippen MR) is 56.2 cm³/mol. The highest BCUT2D eigenvalue weighted by molar-refractivity contribution is 6.32. The minimum atomic E-state index is -3.67. The van der Waals surface area contributed by atoms with Crippen LogP contribution in [0.25, 0.3) is 0 Å². The van der Waals surface area contributed by atoms with Crippen molar-refractivity contribution in [1.82, 2.24) is 0 Å². The van der Waals surface area contributed by atoms with Crippen LogP contribution in [0.4, 0.5) is 8.78 Å². The number of carbonyl (C=O) groups excluding carboxylic acids is 1. The number of alkyl halides is 3. The number of rotatable bonds is 3. The van der Waals surface area contributed by atoms with Crippen LogP contribution in [0.3, 0.4) is 0 Å². The topological polar surface area (TPSA) is 17.1 Å². The highest BCUT2D eigenvalue weighted by Crippen LogP contribution is 2.40. The van der Waals surface area contributed by atoms with Crippen molar-refractivity contribution in [2.45, 2.75) is 51.3 Å². The second kappa shape index (κ2) is 4.36. The number of ketones is 1. The van der Waals surface area contributed by atoms with Crippen LogP contribution in [0.1, 0.15) is 46.0 Å². The average Bonchev–Trinajstić information content (AvgIpc) is 2.07. The van der Waals surface area contributed by atoms with E-state index in [1.54, 1.807) is 0 Å². The summed E-state index contributed by atoms with van der Waals surface area (Å²) >= 11 is 4.68. The fourth-order valence-corrected chi connectivity index (χ4v) is 2.12. The van der Waals surface area contributed by atoms with Gasteiger partial charge in [-0.2, -0.15) is 8.78 Å². The molecule has 1 fully saturated rings. The Morgan fingerprint density at radius 2 is 1.87 bits per heavy atom. The van der Waals surface area contributed by atoms with Gasteiger partial charge in [0, 0.05) is 6.42 Å². The molecule has 0 bridgehead atoms. The van der Waals surface area contributed by atoms with Crippen molar-refractivity contribution in [1.29, 1.82) is 0 Å². The van der Waals surface area contributed by atoms with Gasteiger partial charge in [-0.15, -0.1) is 0 Å². The van der Waals surface area contributed by atoms with E-state index in [0.29, 0.717) is 5.41 Å². The maximum Gasteiger partial charge on any atom is 0.380 e. The minimum Gasteiger partial charge on any atom is -0.291 e. The molecule has 0 aromatic rings. The fraction of sp³-hybridized carbons (Fsp3) is 0.909. The molecule has 88 valence electrons. The molecule has 0 unspecified atom stereocenters. The van der Waals surface area contributed by atoms with Gasteiger partial charge >= 0.3 is 5.38 Å². The molecule has 1 nitrogen and oxygen atoms in total. The zero-order chi connectivity index (χ0) is 11.7. The molecule has 4 heteroatoms. The lowest BCUT2D eigenvalue weighted by Crippen LogP contribution is -2.28. The molecule has 0 saturated heterocycles. The first-order valence-corrected chi connectivity index (χ1v) is 5.68. The van der Waals surface area contributed by atoms with Crippen LogP contribution in [0.15, 0.2) is 0 Å². The molecule has 1 saturated carbocycles. The van der Waals surface area contributed by atoms with Gasteiger partial charge in [-0.25, -0.2) is 0 Å². The van der Waals surface area contributed by atoms with Gasteiger partial charge in [-0.3, -0.25) is 4.79 Å². The maximum atomic E-state index is 12.4. The standard InChI is InChI=1S/C11H17ClF2O/c1-10(2)5-3-8(4-6-10)7-9(15)11(12,13)14/h8H,3-7H2,1-2H3. The van der Waals surface area contributed by atoms with E-state index in [1.807, 2.05) is 0 Å². The summed E-state index contributed by atoms with van der Waals surface area (Å²) in [5.74, 6) is -1.04. The van der Waals surface area contributed by atoms with Crippen LogP contribution >= 0.6 is 11.6 Å². The first kappa shape index (κ1) is 12.9. The summed E-state index contributed by atoms with van der Waals surface area (Å²) in [6.07, 6.45) is 3.63. The molecule has 0 aliphatic heterocycles. The summed E-state index contributed by atoms with van der Waals surface area (Å²) in [7, 11) is 0. The fourth-order valence-electron chi connectivity index (χ4n) is 2.04. The molecule has 1 aliphatic rings. The normalized spacial score (nSPS) is 22.7. The van der Waals surface area contributed by atoms with Gasteiger partial charge in [-0.1, -0.05) is 13.8 Å². The second-order valence-corrected chi connectivity index (χ2v) is 5.71. The zero-order valence-corrected chi connectivity index (χ0v) is 9.91. The SMILES string of the molecule is CC1(C)CCC(CC(=O)C(F)(F)Cl)CC1. The van der Waals surface area contributed by atoms with Crippen molar-refractivity contribution < 1.29 is 13.6 Å². The second-order valence-electron chi connectivity index (χ2n) is 5.23. The van der Waals surface area contributed by atoms with Gasteiger partial charge in [0.15, 0.2) is 0 Å². The van der Waals surface area contributed by atoms with E-state index in [-0.39, 0.29) is 12.3 Å². The number of hydrogen-bond donors (Lipinski definition) is 0. The Morgan fingerprint density at radius 3 is 2.27 bits per heavy atom. The first-order chi connectivity index (χ1) is 6.71. The monoisotopic (exact) mass is 238 g/mol. The molecule has 15 heavy (non-hydrogen) atoms. The summed E-state index contributed by atoms with van der Waals surface area (Å²) in [4.78, 5) is 11.0. The molecule has 0 aromatic heterocycles. The Morgan fingerprint density at radius 1 is 1.40 bits per heavy atom. The average molecular weight is 239 g/mol. The van der Waals surface area contributed by atoms with E-state index in [4.69, 9.17) is 0 Å². The lowest BCUT2D eigenvalue weighted by Gasteiger charge is -2.34. The molecule has 0 heterocycles. The lowest BCUT2D eigenvalue weighted by molar-refractivity contribution is -0.134. The quantitative estimate of drug-likeness (QED) is 0.680. The van der Waals surface area contributed by atoms with E-state index < -0.39 is 11.2 Å². The van der Waals surface area contributed by atoms with E-state index >= 15 is 0 Å². The highest BCUT2D eigenvalue weighted by Gasteiger charge is 2.38. The van der Waals surface area contributed by atoms with Crippen LogP contribution in [-0.2, 0) is 4.79 Å². The van der Waals surface area contributed by atoms with Gasteiger partial charge in [0.25, 0.3) is 0 Å². The smallest absolute Gasteiger partial charge is 0.291 e. The van der Waals surface area contributed by atoms with E-state index in [2.05, 4.69) is 25.4 Å². The van der Waals surface area contributed by atoms with E-state index in [0.717, 1.165) is 25.7 Å². The summed E-state index contributed by atoms with van der Waals surface area (Å²) in [6, 6.07) is 0. The molecule has 0 aromatic carbocycles. The summed E-state index contributed by atoms with van der Waals surface area (Å²) in [5.41, 5.74) is 0.295. The van der Waals surface area contributed by atoms with Crippen molar-refractivity contribution in [3.8, 4) is 0 Å². The third-order valence-electron chi connectivity index (χ3n) is 3.25. The Kier molecular flexibility index (Phi) is 3.75. The summed E-state index contributed by atoms with van der Waals surface area (Å²) < 4.78 is 24.9. The molecule has 1 rings (SSSR count). The Bertz CT molecular complexity index is 235. The number of Topliss-reactive ketones (excluding diaryl/α,β-unsaturated/α-hetero) is 1. The van der Waals surface area contributed by atoms with Crippen molar-refractivity contribution in [2.24, 2.45) is 11.3 Å². The largest absolute Gasteiger partial charge is 0.380 e. The van der Waals surface area contributed by atoms with Crippen molar-refractivity contribution in [3.05, 3.63) is 0 Å². The van der Waals surface area contributed by atoms with Crippen molar-refractivity contribution in [3.63, 3.8) is 0 Å². The third-order valence-corrected chi connectivity index (χ3v) is 3.46. The van der Waals surface area contributed by atoms with Crippen molar-refractivity contribution in [2.75, 3.05) is 0 Å². The third kappa shape index (κ3) is 4.06. The zero-order valence-electron chi connectivity index (χ0n) is 9.16. The van der Waals surface area contributed by atoms with Crippen molar-refractivity contribution >= 4 is 17.4 Å². The summed E-state index contributed by atoms with van der Waals surface area (Å²) in [5, 5.41) is -3.67. The minimum absolute atomic E-state index is 0.0768. The number of hydrogen-bond acceptors (Lipinski definition) is 1. The van der Waals surface area contributed by atoms with E-state index in [9.17, 15) is 13.6 Å². The highest BCUT2D eigenvalue weighted by atomic mass is 35.5. The van der Waals surface area contributed by atoms with Gasteiger partial charge in [-0.05, 0) is 48.6 Å². The van der Waals surface area contributed by atoms with Crippen LogP contribution in [-0.4, -0.2) is 11.2 Å². The molecule has 0 atom stereocenters. The molecule has 0 amide bonds. The molecular weight excluding hydrogens is 222 g/mol. The van der Waals surface area contributed by atoms with Gasteiger partial charge in [0.2, 0.25) is 5.78 Å². The van der Waals surface area contributed by atoms with Gasteiger partial charge in [0.05, 0.1) is 0 Å². The van der Waals surface area contributed by atoms with Crippen LogP contribution in [0.2, 0.25) is 0 Å². The molecule has 0 radical (unpaired) electrons. The lowest BCUT2D eigenvalue weighted by atomic mass is 9.72. The molecular formula is C11H17ClF2O. The van der Waals surface area contributed by atoms with E-state index in [1.165, 1.54) is 0 Å². The Balaban J connectivity index is 2.40. The maximum absolute atomic E-state index is 12.4. The van der Waals surface area contributed by atoms with Crippen LogP contribution in [0, 0.1) is 11.3 Å². The number of halogens is 3. The van der Waals surface area contributed by atoms with Gasteiger partial charge in [0.1, 0.15) is 0 Å². The number of carbonyl (C=O) groups is 1.